The van der Waals surface area contributed by atoms with Gasteiger partial charge in [-0.15, -0.1) is 0 Å². The normalized spacial score (nSPS) is 13.8. The zero-order valence-electron chi connectivity index (χ0n) is 27.1. The minimum absolute atomic E-state index is 0.0713. The van der Waals surface area contributed by atoms with Gasteiger partial charge in [0.1, 0.15) is 11.6 Å². The quantitative estimate of drug-likeness (QED) is 0.178. The molecule has 9 heteroatoms. The fourth-order valence-electron chi connectivity index (χ4n) is 7.07. The van der Waals surface area contributed by atoms with Crippen molar-refractivity contribution in [3.8, 4) is 34.2 Å². The number of aromatic nitrogens is 8. The third-order valence-corrected chi connectivity index (χ3v) is 9.26. The van der Waals surface area contributed by atoms with E-state index in [0.717, 1.165) is 39.5 Å². The Labute approximate surface area is 292 Å². The molecule has 9 aromatic rings. The summed E-state index contributed by atoms with van der Waals surface area (Å²) in [6, 6.07) is 45.7. The van der Waals surface area contributed by atoms with E-state index < -0.39 is 0 Å². The average Bonchev–Trinajstić information content (AvgIpc) is 3.91. The van der Waals surface area contributed by atoms with Crippen molar-refractivity contribution in [1.82, 2.24) is 39.0 Å². The predicted octanol–water partition coefficient (Wildman–Crippen LogP) is 8.54. The topological polar surface area (TPSA) is 99.6 Å². The van der Waals surface area contributed by atoms with E-state index in [4.69, 9.17) is 24.9 Å². The molecule has 1 unspecified atom stereocenters. The number of benzene rings is 5. The molecule has 0 fully saturated rings. The first kappa shape index (κ1) is 28.8. The summed E-state index contributed by atoms with van der Waals surface area (Å²) in [6.45, 7) is 0. The van der Waals surface area contributed by atoms with Crippen molar-refractivity contribution in [1.29, 1.82) is 0 Å². The van der Waals surface area contributed by atoms with Crippen LogP contribution in [-0.4, -0.2) is 44.7 Å². The maximum Gasteiger partial charge on any atom is 0.198 e. The van der Waals surface area contributed by atoms with Gasteiger partial charge in [-0.25, -0.2) is 29.9 Å². The van der Waals surface area contributed by atoms with Crippen LogP contribution < -0.4 is 0 Å². The Balaban J connectivity index is 1.28. The van der Waals surface area contributed by atoms with Gasteiger partial charge >= 0.3 is 0 Å². The Kier molecular flexibility index (Phi) is 6.66. The SMILES string of the molecule is c1ccc(C2C(c3cc(-c4nc5nccnc5n4-c4ccccc4)cc(-c4nc5nccnc5n4-c4ccccc4)c3)=Nc3ccccc32)cc1. The van der Waals surface area contributed by atoms with Crippen LogP contribution in [0.3, 0.4) is 0 Å². The Hall–Kier alpha value is -7.13. The number of para-hydroxylation sites is 3. The van der Waals surface area contributed by atoms with Crippen molar-refractivity contribution in [2.45, 2.75) is 5.92 Å². The van der Waals surface area contributed by atoms with Gasteiger partial charge in [0.05, 0.1) is 17.3 Å². The van der Waals surface area contributed by atoms with Gasteiger partial charge in [0, 0.05) is 47.3 Å². The fourth-order valence-corrected chi connectivity index (χ4v) is 7.07. The van der Waals surface area contributed by atoms with Crippen molar-refractivity contribution in [3.05, 3.63) is 175 Å². The molecule has 0 aliphatic carbocycles. The highest BCUT2D eigenvalue weighted by molar-refractivity contribution is 6.12. The summed E-state index contributed by atoms with van der Waals surface area (Å²) in [5.74, 6) is 1.34. The van der Waals surface area contributed by atoms with E-state index in [9.17, 15) is 0 Å². The first-order valence-corrected chi connectivity index (χ1v) is 16.7. The minimum Gasteiger partial charge on any atom is -0.275 e. The maximum absolute atomic E-state index is 5.31. The lowest BCUT2D eigenvalue weighted by Crippen LogP contribution is -2.12. The molecule has 9 nitrogen and oxygen atoms in total. The minimum atomic E-state index is -0.0713. The Morgan fingerprint density at radius 2 is 0.922 bits per heavy atom. The van der Waals surface area contributed by atoms with Gasteiger partial charge in [-0.3, -0.25) is 14.1 Å². The summed E-state index contributed by atoms with van der Waals surface area (Å²) >= 11 is 0. The van der Waals surface area contributed by atoms with Crippen LogP contribution in [0.5, 0.6) is 0 Å². The number of hydrogen-bond donors (Lipinski definition) is 0. The summed E-state index contributed by atoms with van der Waals surface area (Å²) < 4.78 is 4.13. The summed E-state index contributed by atoms with van der Waals surface area (Å²) in [4.78, 5) is 34.2. The highest BCUT2D eigenvalue weighted by atomic mass is 15.2. The first-order valence-electron chi connectivity index (χ1n) is 16.7. The third-order valence-electron chi connectivity index (χ3n) is 9.26. The summed E-state index contributed by atoms with van der Waals surface area (Å²) in [7, 11) is 0. The molecule has 5 heterocycles. The monoisotopic (exact) mass is 657 g/mol. The number of hydrogen-bond acceptors (Lipinski definition) is 7. The molecule has 10 rings (SSSR count). The van der Waals surface area contributed by atoms with E-state index in [-0.39, 0.29) is 5.92 Å². The van der Waals surface area contributed by atoms with Crippen molar-refractivity contribution < 1.29 is 0 Å². The van der Waals surface area contributed by atoms with Gasteiger partial charge in [0.25, 0.3) is 0 Å². The van der Waals surface area contributed by atoms with Gasteiger partial charge in [0.15, 0.2) is 22.6 Å². The maximum atomic E-state index is 5.31. The molecule has 4 aromatic heterocycles. The standard InChI is InChI=1S/C42H27N9/c1-4-12-27(13-5-1)35-33-18-10-11-19-34(33)47-36(35)28-24-29(39-48-37-41(45-22-20-43-37)50(39)31-14-6-2-7-15-31)26-30(25-28)40-49-38-42(46-23-21-44-38)51(40)32-16-8-3-9-17-32/h1-26,35H. The van der Waals surface area contributed by atoms with E-state index in [1.165, 1.54) is 11.1 Å². The lowest BCUT2D eigenvalue weighted by atomic mass is 9.85. The van der Waals surface area contributed by atoms with Crippen molar-refractivity contribution in [3.63, 3.8) is 0 Å². The molecule has 51 heavy (non-hydrogen) atoms. The Bertz CT molecular complexity index is 2620. The van der Waals surface area contributed by atoms with E-state index in [1.54, 1.807) is 24.8 Å². The molecule has 0 amide bonds. The molecule has 0 saturated heterocycles. The Morgan fingerprint density at radius 3 is 1.49 bits per heavy atom. The first-order chi connectivity index (χ1) is 25.3. The predicted molar refractivity (Wildman–Crippen MR) is 199 cm³/mol. The van der Waals surface area contributed by atoms with Crippen molar-refractivity contribution >= 4 is 34.0 Å². The van der Waals surface area contributed by atoms with Gasteiger partial charge < -0.3 is 0 Å². The molecule has 240 valence electrons. The molecular formula is C42H27N9. The lowest BCUT2D eigenvalue weighted by Gasteiger charge is -2.18. The van der Waals surface area contributed by atoms with Gasteiger partial charge in [0.2, 0.25) is 0 Å². The number of nitrogens with zero attached hydrogens (tertiary/aromatic N) is 9. The van der Waals surface area contributed by atoms with Gasteiger partial charge in [-0.2, -0.15) is 0 Å². The smallest absolute Gasteiger partial charge is 0.198 e. The molecule has 1 aliphatic heterocycles. The lowest BCUT2D eigenvalue weighted by molar-refractivity contribution is 1.07. The zero-order chi connectivity index (χ0) is 33.7. The van der Waals surface area contributed by atoms with Crippen LogP contribution in [-0.2, 0) is 0 Å². The molecule has 0 bridgehead atoms. The van der Waals surface area contributed by atoms with E-state index in [1.807, 2.05) is 48.5 Å². The second-order valence-electron chi connectivity index (χ2n) is 12.3. The largest absolute Gasteiger partial charge is 0.275 e. The second-order valence-corrected chi connectivity index (χ2v) is 12.3. The number of imidazole rings is 2. The molecule has 1 aliphatic rings. The van der Waals surface area contributed by atoms with Gasteiger partial charge in [-0.1, -0.05) is 84.9 Å². The number of aliphatic imine (C=N–C) groups is 1. The summed E-state index contributed by atoms with van der Waals surface area (Å²) in [5, 5.41) is 0. The van der Waals surface area contributed by atoms with E-state index >= 15 is 0 Å². The molecule has 1 atom stereocenters. The molecule has 5 aromatic carbocycles. The average molecular weight is 658 g/mol. The molecule has 0 radical (unpaired) electrons. The van der Waals surface area contributed by atoms with E-state index in [0.29, 0.717) is 34.2 Å². The molecular weight excluding hydrogens is 631 g/mol. The number of fused-ring (bicyclic) bond motifs is 3. The molecule has 0 spiro atoms. The van der Waals surface area contributed by atoms with Crippen LogP contribution >= 0.6 is 0 Å². The summed E-state index contributed by atoms with van der Waals surface area (Å²) in [5.41, 5.74) is 11.2. The summed E-state index contributed by atoms with van der Waals surface area (Å²) in [6.07, 6.45) is 6.75. The zero-order valence-corrected chi connectivity index (χ0v) is 27.1. The van der Waals surface area contributed by atoms with E-state index in [2.05, 4.69) is 104 Å². The van der Waals surface area contributed by atoms with Crippen LogP contribution in [0, 0.1) is 0 Å². The van der Waals surface area contributed by atoms with Crippen LogP contribution in [0.25, 0.3) is 56.7 Å². The highest BCUT2D eigenvalue weighted by Gasteiger charge is 2.31. The second kappa shape index (κ2) is 11.8. The van der Waals surface area contributed by atoms with Crippen LogP contribution in [0.4, 0.5) is 5.69 Å². The van der Waals surface area contributed by atoms with Gasteiger partial charge in [-0.05, 0) is 65.2 Å². The fraction of sp³-hybridized carbons (Fsp3) is 0.0238. The molecule has 0 N–H and O–H groups in total. The van der Waals surface area contributed by atoms with Crippen LogP contribution in [0.2, 0.25) is 0 Å². The van der Waals surface area contributed by atoms with Crippen LogP contribution in [0.15, 0.2) is 163 Å². The highest BCUT2D eigenvalue weighted by Crippen LogP contribution is 2.43. The van der Waals surface area contributed by atoms with Crippen molar-refractivity contribution in [2.24, 2.45) is 4.99 Å². The molecule has 0 saturated carbocycles. The number of rotatable bonds is 6. The van der Waals surface area contributed by atoms with Crippen molar-refractivity contribution in [2.75, 3.05) is 0 Å². The Morgan fingerprint density at radius 1 is 0.451 bits per heavy atom. The third kappa shape index (κ3) is 4.82. The van der Waals surface area contributed by atoms with Crippen LogP contribution in [0.1, 0.15) is 22.6 Å².